The van der Waals surface area contributed by atoms with Crippen molar-refractivity contribution in [3.63, 3.8) is 0 Å². The van der Waals surface area contributed by atoms with Gasteiger partial charge in [0.2, 0.25) is 0 Å². The molecule has 0 aliphatic carbocycles. The third-order valence-corrected chi connectivity index (χ3v) is 3.11. The number of hydrogen-bond acceptors (Lipinski definition) is 2. The van der Waals surface area contributed by atoms with E-state index in [-0.39, 0.29) is 9.45 Å². The average Bonchev–Trinajstić information content (AvgIpc) is 2.16. The Morgan fingerprint density at radius 3 is 2.67 bits per heavy atom. The fourth-order valence-electron chi connectivity index (χ4n) is 1.02. The SMILES string of the molecule is O=C(O)c1c(C(F)F)cnc(CCl)c1I. The summed E-state index contributed by atoms with van der Waals surface area (Å²) in [5.74, 6) is -1.41. The van der Waals surface area contributed by atoms with Crippen LogP contribution in [0.15, 0.2) is 6.20 Å². The van der Waals surface area contributed by atoms with Gasteiger partial charge in [0.05, 0.1) is 26.3 Å². The van der Waals surface area contributed by atoms with Gasteiger partial charge in [0.1, 0.15) is 0 Å². The van der Waals surface area contributed by atoms with E-state index < -0.39 is 23.5 Å². The number of pyridine rings is 1. The molecule has 1 aromatic rings. The van der Waals surface area contributed by atoms with Crippen LogP contribution in [-0.4, -0.2) is 16.1 Å². The van der Waals surface area contributed by atoms with Crippen molar-refractivity contribution in [1.82, 2.24) is 4.98 Å². The van der Waals surface area contributed by atoms with E-state index in [2.05, 4.69) is 4.98 Å². The summed E-state index contributed by atoms with van der Waals surface area (Å²) in [5, 5.41) is 8.81. The highest BCUT2D eigenvalue weighted by Crippen LogP contribution is 2.27. The van der Waals surface area contributed by atoms with E-state index in [1.807, 2.05) is 0 Å². The van der Waals surface area contributed by atoms with Crippen LogP contribution in [0.2, 0.25) is 0 Å². The summed E-state index contributed by atoms with van der Waals surface area (Å²) in [6.07, 6.45) is -2.00. The molecule has 1 aromatic heterocycles. The predicted molar refractivity (Wildman–Crippen MR) is 58.4 cm³/mol. The van der Waals surface area contributed by atoms with E-state index in [0.717, 1.165) is 6.20 Å². The lowest BCUT2D eigenvalue weighted by atomic mass is 10.1. The first kappa shape index (κ1) is 12.6. The normalized spacial score (nSPS) is 10.7. The van der Waals surface area contributed by atoms with Crippen molar-refractivity contribution in [3.8, 4) is 0 Å². The Balaban J connectivity index is 3.44. The molecule has 0 unspecified atom stereocenters. The second-order valence-corrected chi connectivity index (χ2v) is 3.93. The lowest BCUT2D eigenvalue weighted by Crippen LogP contribution is -2.09. The number of carboxylic acid groups (broad SMARTS) is 1. The van der Waals surface area contributed by atoms with Crippen molar-refractivity contribution in [2.24, 2.45) is 0 Å². The van der Waals surface area contributed by atoms with Crippen LogP contribution >= 0.6 is 34.2 Å². The third-order valence-electron chi connectivity index (χ3n) is 1.70. The first-order valence-electron chi connectivity index (χ1n) is 3.73. The summed E-state index contributed by atoms with van der Waals surface area (Å²) in [4.78, 5) is 14.5. The summed E-state index contributed by atoms with van der Waals surface area (Å²) >= 11 is 7.15. The Bertz CT molecular complexity index is 400. The van der Waals surface area contributed by atoms with Crippen LogP contribution in [-0.2, 0) is 5.88 Å². The van der Waals surface area contributed by atoms with Crippen LogP contribution in [0.25, 0.3) is 0 Å². The van der Waals surface area contributed by atoms with Crippen LogP contribution in [0, 0.1) is 3.57 Å². The maximum atomic E-state index is 12.5. The zero-order chi connectivity index (χ0) is 11.6. The fraction of sp³-hybridized carbons (Fsp3) is 0.250. The summed E-state index contributed by atoms with van der Waals surface area (Å²) in [5.41, 5.74) is -0.712. The molecule has 3 nitrogen and oxygen atoms in total. The molecule has 1 N–H and O–H groups in total. The third kappa shape index (κ3) is 2.54. The van der Waals surface area contributed by atoms with Gasteiger partial charge < -0.3 is 5.11 Å². The van der Waals surface area contributed by atoms with Gasteiger partial charge in [-0.1, -0.05) is 0 Å². The highest BCUT2D eigenvalue weighted by Gasteiger charge is 2.23. The number of alkyl halides is 3. The molecule has 82 valence electrons. The summed E-state index contributed by atoms with van der Waals surface area (Å²) in [6, 6.07) is 0. The number of carbonyl (C=O) groups is 1. The molecule has 0 amide bonds. The molecule has 1 heterocycles. The van der Waals surface area contributed by atoms with Gasteiger partial charge in [-0.3, -0.25) is 4.98 Å². The van der Waals surface area contributed by atoms with Gasteiger partial charge >= 0.3 is 5.97 Å². The molecule has 0 aromatic carbocycles. The molecule has 7 heteroatoms. The van der Waals surface area contributed by atoms with Gasteiger partial charge in [-0.2, -0.15) is 0 Å². The number of rotatable bonds is 3. The molecular weight excluding hydrogens is 342 g/mol. The minimum absolute atomic E-state index is 0.0118. The van der Waals surface area contributed by atoms with E-state index in [9.17, 15) is 13.6 Å². The van der Waals surface area contributed by atoms with Crippen molar-refractivity contribution < 1.29 is 18.7 Å². The quantitative estimate of drug-likeness (QED) is 0.675. The number of carboxylic acids is 1. The summed E-state index contributed by atoms with van der Waals surface area (Å²) in [7, 11) is 0. The Morgan fingerprint density at radius 1 is 1.67 bits per heavy atom. The molecule has 15 heavy (non-hydrogen) atoms. The van der Waals surface area contributed by atoms with Crippen molar-refractivity contribution in [1.29, 1.82) is 0 Å². The van der Waals surface area contributed by atoms with E-state index in [1.54, 1.807) is 22.6 Å². The Hall–Kier alpha value is -0.500. The zero-order valence-corrected chi connectivity index (χ0v) is 10.1. The molecule has 0 spiro atoms. The van der Waals surface area contributed by atoms with Gasteiger partial charge in [0.25, 0.3) is 6.43 Å². The van der Waals surface area contributed by atoms with E-state index in [1.165, 1.54) is 0 Å². The smallest absolute Gasteiger partial charge is 0.337 e. The molecule has 0 aliphatic heterocycles. The first-order valence-corrected chi connectivity index (χ1v) is 5.35. The highest BCUT2D eigenvalue weighted by atomic mass is 127. The number of halogens is 4. The second kappa shape index (κ2) is 5.02. The van der Waals surface area contributed by atoms with Crippen molar-refractivity contribution in [2.75, 3.05) is 0 Å². The Labute approximate surface area is 103 Å². The number of aromatic carboxylic acids is 1. The number of nitrogens with zero attached hydrogens (tertiary/aromatic N) is 1. The molecule has 0 atom stereocenters. The summed E-state index contributed by atoms with van der Waals surface area (Å²) in [6.45, 7) is 0. The zero-order valence-electron chi connectivity index (χ0n) is 7.18. The monoisotopic (exact) mass is 347 g/mol. The van der Waals surface area contributed by atoms with Crippen LogP contribution in [0.1, 0.15) is 28.0 Å². The topological polar surface area (TPSA) is 50.2 Å². The molecule has 0 saturated carbocycles. The number of hydrogen-bond donors (Lipinski definition) is 1. The predicted octanol–water partition coefficient (Wildman–Crippen LogP) is 3.06. The highest BCUT2D eigenvalue weighted by molar-refractivity contribution is 14.1. The average molecular weight is 347 g/mol. The molecular formula is C8H5ClF2INO2. The minimum Gasteiger partial charge on any atom is -0.478 e. The van der Waals surface area contributed by atoms with E-state index >= 15 is 0 Å². The van der Waals surface area contributed by atoms with Crippen LogP contribution in [0.3, 0.4) is 0 Å². The van der Waals surface area contributed by atoms with Gasteiger partial charge in [0, 0.05) is 6.20 Å². The Kier molecular flexibility index (Phi) is 4.21. The molecule has 0 saturated heterocycles. The van der Waals surface area contributed by atoms with Gasteiger partial charge in [-0.15, -0.1) is 11.6 Å². The maximum Gasteiger partial charge on any atom is 0.337 e. The van der Waals surface area contributed by atoms with Crippen LogP contribution in [0.5, 0.6) is 0 Å². The summed E-state index contributed by atoms with van der Waals surface area (Å²) < 4.78 is 25.1. The van der Waals surface area contributed by atoms with Crippen molar-refractivity contribution in [3.05, 3.63) is 26.6 Å². The fourth-order valence-corrected chi connectivity index (χ4v) is 2.32. The minimum atomic E-state index is -2.86. The van der Waals surface area contributed by atoms with Crippen molar-refractivity contribution in [2.45, 2.75) is 12.3 Å². The molecule has 0 bridgehead atoms. The van der Waals surface area contributed by atoms with Gasteiger partial charge in [-0.05, 0) is 22.6 Å². The van der Waals surface area contributed by atoms with Crippen LogP contribution in [0.4, 0.5) is 8.78 Å². The maximum absolute atomic E-state index is 12.5. The van der Waals surface area contributed by atoms with Gasteiger partial charge in [0.15, 0.2) is 0 Å². The van der Waals surface area contributed by atoms with Crippen LogP contribution < -0.4 is 0 Å². The molecule has 0 fully saturated rings. The lowest BCUT2D eigenvalue weighted by molar-refractivity contribution is 0.0682. The first-order chi connectivity index (χ1) is 6.99. The standard InChI is InChI=1S/C8H5ClF2INO2/c9-1-4-6(12)5(8(14)15)3(2-13-4)7(10)11/h2,7H,1H2,(H,14,15). The Morgan fingerprint density at radius 2 is 2.27 bits per heavy atom. The lowest BCUT2D eigenvalue weighted by Gasteiger charge is -2.09. The number of aromatic nitrogens is 1. The van der Waals surface area contributed by atoms with Gasteiger partial charge in [-0.25, -0.2) is 13.6 Å². The largest absolute Gasteiger partial charge is 0.478 e. The second-order valence-electron chi connectivity index (χ2n) is 2.59. The van der Waals surface area contributed by atoms with E-state index in [0.29, 0.717) is 5.69 Å². The molecule has 0 aliphatic rings. The van der Waals surface area contributed by atoms with E-state index in [4.69, 9.17) is 16.7 Å². The van der Waals surface area contributed by atoms with Crippen molar-refractivity contribution >= 4 is 40.2 Å². The molecule has 1 rings (SSSR count). The molecule has 0 radical (unpaired) electrons.